The van der Waals surface area contributed by atoms with Crippen LogP contribution in [0, 0.1) is 5.92 Å². The predicted octanol–water partition coefficient (Wildman–Crippen LogP) is 2.72. The second-order valence-corrected chi connectivity index (χ2v) is 4.54. The van der Waals surface area contributed by atoms with E-state index in [0.29, 0.717) is 0 Å². The van der Waals surface area contributed by atoms with E-state index in [4.69, 9.17) is 0 Å². The Kier molecular flexibility index (Phi) is 3.41. The van der Waals surface area contributed by atoms with Crippen LogP contribution in [0.3, 0.4) is 0 Å². The lowest BCUT2D eigenvalue weighted by molar-refractivity contribution is 0.0952. The maximum atomic E-state index is 11.7. The van der Waals surface area contributed by atoms with Gasteiger partial charge in [0.05, 0.1) is 0 Å². The summed E-state index contributed by atoms with van der Waals surface area (Å²) in [7, 11) is 0. The Balaban J connectivity index is 1.91. The van der Waals surface area contributed by atoms with Gasteiger partial charge >= 0.3 is 0 Å². The number of carbonyl (C=O) groups excluding carboxylic acids is 1. The molecule has 3 heteroatoms. The van der Waals surface area contributed by atoms with Gasteiger partial charge in [-0.2, -0.15) is 0 Å². The quantitative estimate of drug-likeness (QED) is 0.836. The Labute approximate surface area is 98.2 Å². The molecule has 80 valence electrons. The average Bonchev–Trinajstić information content (AvgIpc) is 3.10. The number of hydrogen-bond acceptors (Lipinski definition) is 1. The molecule has 0 atom stereocenters. The van der Waals surface area contributed by atoms with E-state index < -0.39 is 0 Å². The fourth-order valence-corrected chi connectivity index (χ4v) is 1.78. The van der Waals surface area contributed by atoms with Gasteiger partial charge in [0.1, 0.15) is 0 Å². The highest BCUT2D eigenvalue weighted by molar-refractivity contribution is 9.08. The van der Waals surface area contributed by atoms with Crippen LogP contribution in [-0.4, -0.2) is 12.5 Å². The normalized spacial score (nSPS) is 15.0. The van der Waals surface area contributed by atoms with Crippen molar-refractivity contribution in [2.24, 2.45) is 5.92 Å². The van der Waals surface area contributed by atoms with Crippen LogP contribution in [0.2, 0.25) is 0 Å². The predicted molar refractivity (Wildman–Crippen MR) is 64.1 cm³/mol. The summed E-state index contributed by atoms with van der Waals surface area (Å²) in [4.78, 5) is 11.7. The van der Waals surface area contributed by atoms with Crippen molar-refractivity contribution in [2.75, 3.05) is 6.54 Å². The molecule has 0 heterocycles. The van der Waals surface area contributed by atoms with Gasteiger partial charge in [-0.05, 0) is 36.5 Å². The van der Waals surface area contributed by atoms with E-state index in [0.717, 1.165) is 23.4 Å². The van der Waals surface area contributed by atoms with Gasteiger partial charge in [0.2, 0.25) is 0 Å². The molecule has 0 unspecified atom stereocenters. The zero-order valence-electron chi connectivity index (χ0n) is 8.50. The van der Waals surface area contributed by atoms with Crippen molar-refractivity contribution in [1.82, 2.24) is 5.32 Å². The van der Waals surface area contributed by atoms with Crippen molar-refractivity contribution >= 4 is 21.8 Å². The number of hydrogen-bond donors (Lipinski definition) is 1. The lowest BCUT2D eigenvalue weighted by atomic mass is 10.1. The van der Waals surface area contributed by atoms with E-state index in [9.17, 15) is 4.79 Å². The van der Waals surface area contributed by atoms with Gasteiger partial charge in [0, 0.05) is 17.4 Å². The number of nitrogens with one attached hydrogen (secondary N) is 1. The molecule has 0 aromatic heterocycles. The third-order valence-electron chi connectivity index (χ3n) is 2.62. The average molecular weight is 268 g/mol. The van der Waals surface area contributed by atoms with Gasteiger partial charge in [0.25, 0.3) is 5.91 Å². The minimum absolute atomic E-state index is 0.0445. The molecule has 15 heavy (non-hydrogen) atoms. The Hall–Kier alpha value is -0.830. The van der Waals surface area contributed by atoms with E-state index in [1.807, 2.05) is 24.3 Å². The number of amides is 1. The largest absolute Gasteiger partial charge is 0.352 e. The van der Waals surface area contributed by atoms with Crippen molar-refractivity contribution in [3.05, 3.63) is 35.4 Å². The van der Waals surface area contributed by atoms with E-state index in [2.05, 4.69) is 21.2 Å². The summed E-state index contributed by atoms with van der Waals surface area (Å²) in [5.41, 5.74) is 1.94. The van der Waals surface area contributed by atoms with Crippen molar-refractivity contribution < 1.29 is 4.79 Å². The number of rotatable bonds is 4. The van der Waals surface area contributed by atoms with E-state index in [1.165, 1.54) is 18.4 Å². The van der Waals surface area contributed by atoms with Gasteiger partial charge in [-0.15, -0.1) is 0 Å². The smallest absolute Gasteiger partial charge is 0.251 e. The molecule has 1 amide bonds. The van der Waals surface area contributed by atoms with Crippen LogP contribution < -0.4 is 5.32 Å². The topological polar surface area (TPSA) is 29.1 Å². The lowest BCUT2D eigenvalue weighted by Gasteiger charge is -2.04. The van der Waals surface area contributed by atoms with Gasteiger partial charge in [-0.3, -0.25) is 4.79 Å². The van der Waals surface area contributed by atoms with E-state index in [-0.39, 0.29) is 5.91 Å². The second-order valence-electron chi connectivity index (χ2n) is 3.98. The summed E-state index contributed by atoms with van der Waals surface area (Å²) in [6, 6.07) is 7.69. The van der Waals surface area contributed by atoms with Gasteiger partial charge in [-0.1, -0.05) is 28.1 Å². The molecular formula is C12H14BrNO. The Morgan fingerprint density at radius 1 is 1.33 bits per heavy atom. The first kappa shape index (κ1) is 10.7. The standard InChI is InChI=1S/C12H14BrNO/c13-7-9-3-5-11(6-4-9)12(15)14-8-10-1-2-10/h3-6,10H,1-2,7-8H2,(H,14,15). The van der Waals surface area contributed by atoms with E-state index >= 15 is 0 Å². The highest BCUT2D eigenvalue weighted by atomic mass is 79.9. The molecule has 0 aliphatic heterocycles. The molecule has 0 saturated heterocycles. The summed E-state index contributed by atoms with van der Waals surface area (Å²) >= 11 is 3.38. The van der Waals surface area contributed by atoms with Crippen LogP contribution in [-0.2, 0) is 5.33 Å². The lowest BCUT2D eigenvalue weighted by Crippen LogP contribution is -2.25. The van der Waals surface area contributed by atoms with Crippen LogP contribution in [0.4, 0.5) is 0 Å². The minimum Gasteiger partial charge on any atom is -0.352 e. The summed E-state index contributed by atoms with van der Waals surface area (Å²) in [5.74, 6) is 0.777. The van der Waals surface area contributed by atoms with Gasteiger partial charge in [0.15, 0.2) is 0 Å². The maximum Gasteiger partial charge on any atom is 0.251 e. The molecule has 0 radical (unpaired) electrons. The fourth-order valence-electron chi connectivity index (χ4n) is 1.41. The Bertz CT molecular complexity index is 343. The van der Waals surface area contributed by atoms with Gasteiger partial charge in [-0.25, -0.2) is 0 Å². The van der Waals surface area contributed by atoms with Crippen molar-refractivity contribution in [3.8, 4) is 0 Å². The molecule has 0 bridgehead atoms. The Morgan fingerprint density at radius 2 is 2.00 bits per heavy atom. The summed E-state index contributed by atoms with van der Waals surface area (Å²) in [6.45, 7) is 0.832. The zero-order valence-corrected chi connectivity index (χ0v) is 10.1. The van der Waals surface area contributed by atoms with Crippen molar-refractivity contribution in [2.45, 2.75) is 18.2 Å². The first-order valence-electron chi connectivity index (χ1n) is 5.22. The molecule has 2 nitrogen and oxygen atoms in total. The first-order chi connectivity index (χ1) is 7.29. The summed E-state index contributed by atoms with van der Waals surface area (Å²) in [5, 5.41) is 3.78. The Morgan fingerprint density at radius 3 is 2.53 bits per heavy atom. The van der Waals surface area contributed by atoms with Crippen molar-refractivity contribution in [1.29, 1.82) is 0 Å². The van der Waals surface area contributed by atoms with Crippen LogP contribution in [0.5, 0.6) is 0 Å². The second kappa shape index (κ2) is 4.79. The third-order valence-corrected chi connectivity index (χ3v) is 3.27. The number of halogens is 1. The summed E-state index contributed by atoms with van der Waals surface area (Å²) in [6.07, 6.45) is 2.53. The highest BCUT2D eigenvalue weighted by Crippen LogP contribution is 2.27. The molecule has 1 aliphatic carbocycles. The van der Waals surface area contributed by atoms with Crippen LogP contribution >= 0.6 is 15.9 Å². The van der Waals surface area contributed by atoms with E-state index in [1.54, 1.807) is 0 Å². The third kappa shape index (κ3) is 3.06. The van der Waals surface area contributed by atoms with Crippen LogP contribution in [0.1, 0.15) is 28.8 Å². The highest BCUT2D eigenvalue weighted by Gasteiger charge is 2.21. The van der Waals surface area contributed by atoms with Gasteiger partial charge < -0.3 is 5.32 Å². The van der Waals surface area contributed by atoms with Crippen LogP contribution in [0.15, 0.2) is 24.3 Å². The SMILES string of the molecule is O=C(NCC1CC1)c1ccc(CBr)cc1. The number of alkyl halides is 1. The molecule has 1 aromatic carbocycles. The number of benzene rings is 1. The molecule has 0 spiro atoms. The molecule has 1 aromatic rings. The molecule has 1 fully saturated rings. The molecule has 1 N–H and O–H groups in total. The zero-order chi connectivity index (χ0) is 10.7. The van der Waals surface area contributed by atoms with Crippen LogP contribution in [0.25, 0.3) is 0 Å². The monoisotopic (exact) mass is 267 g/mol. The molecule has 1 aliphatic rings. The van der Waals surface area contributed by atoms with Crippen molar-refractivity contribution in [3.63, 3.8) is 0 Å². The molecular weight excluding hydrogens is 254 g/mol. The first-order valence-corrected chi connectivity index (χ1v) is 6.35. The molecule has 1 saturated carbocycles. The maximum absolute atomic E-state index is 11.7. The number of carbonyl (C=O) groups is 1. The fraction of sp³-hybridized carbons (Fsp3) is 0.417. The summed E-state index contributed by atoms with van der Waals surface area (Å²) < 4.78 is 0. The minimum atomic E-state index is 0.0445. The molecule has 2 rings (SSSR count).